The first-order valence-electron chi connectivity index (χ1n) is 6.09. The molecule has 0 saturated carbocycles. The zero-order valence-corrected chi connectivity index (χ0v) is 13.0. The molecule has 1 aromatic carbocycles. The predicted molar refractivity (Wildman–Crippen MR) is 80.6 cm³/mol. The van der Waals surface area contributed by atoms with Crippen LogP contribution in [0.25, 0.3) is 0 Å². The molecule has 0 aromatic heterocycles. The maximum Gasteiger partial charge on any atom is 0.354 e. The summed E-state index contributed by atoms with van der Waals surface area (Å²) < 4.78 is 9.03. The maximum absolute atomic E-state index is 11.7. The summed E-state index contributed by atoms with van der Waals surface area (Å²) in [5, 5.41) is 5.39. The molecule has 0 aliphatic rings. The number of hydrogen-bond acceptors (Lipinski definition) is 6. The summed E-state index contributed by atoms with van der Waals surface area (Å²) in [4.78, 5) is 34.6. The van der Waals surface area contributed by atoms with Gasteiger partial charge in [0.25, 0.3) is 5.91 Å². The van der Waals surface area contributed by atoms with Crippen LogP contribution in [-0.2, 0) is 19.1 Å². The number of hydrogen-bond donors (Lipinski definition) is 2. The number of carbonyl (C=O) groups is 3. The Hall–Kier alpha value is -2.54. The van der Waals surface area contributed by atoms with Crippen molar-refractivity contribution in [2.24, 2.45) is 0 Å². The molecule has 0 spiro atoms. The molecule has 0 aliphatic carbocycles. The maximum atomic E-state index is 11.7. The number of carbonyl (C=O) groups excluding carboxylic acids is 3. The van der Waals surface area contributed by atoms with Gasteiger partial charge in [-0.25, -0.2) is 9.59 Å². The van der Waals surface area contributed by atoms with Crippen LogP contribution in [0.15, 0.2) is 30.0 Å². The number of anilines is 1. The van der Waals surface area contributed by atoms with Gasteiger partial charge in [0.1, 0.15) is 5.70 Å². The largest absolute Gasteiger partial charge is 0.466 e. The van der Waals surface area contributed by atoms with Gasteiger partial charge in [0.2, 0.25) is 0 Å². The Bertz CT molecular complexity index is 628. The van der Waals surface area contributed by atoms with Crippen molar-refractivity contribution in [2.75, 3.05) is 26.6 Å². The monoisotopic (exact) mass is 326 g/mol. The van der Waals surface area contributed by atoms with Gasteiger partial charge in [0.05, 0.1) is 30.9 Å². The molecule has 8 heteroatoms. The summed E-state index contributed by atoms with van der Waals surface area (Å²) >= 11 is 5.93. The molecule has 1 amide bonds. The highest BCUT2D eigenvalue weighted by atomic mass is 35.5. The molecule has 0 radical (unpaired) electrons. The Morgan fingerprint density at radius 2 is 1.86 bits per heavy atom. The Kier molecular flexibility index (Phi) is 6.40. The van der Waals surface area contributed by atoms with Crippen LogP contribution >= 0.6 is 11.6 Å². The van der Waals surface area contributed by atoms with E-state index in [0.29, 0.717) is 5.69 Å². The lowest BCUT2D eigenvalue weighted by atomic mass is 10.2. The van der Waals surface area contributed by atoms with Gasteiger partial charge in [-0.2, -0.15) is 0 Å². The molecule has 7 nitrogen and oxygen atoms in total. The fraction of sp³-hybridized carbons (Fsp3) is 0.214. The van der Waals surface area contributed by atoms with Crippen LogP contribution in [0.1, 0.15) is 10.4 Å². The van der Waals surface area contributed by atoms with Crippen molar-refractivity contribution in [3.8, 4) is 0 Å². The van der Waals surface area contributed by atoms with E-state index in [0.717, 1.165) is 6.08 Å². The highest BCUT2D eigenvalue weighted by Gasteiger charge is 2.15. The van der Waals surface area contributed by atoms with Crippen LogP contribution in [-0.4, -0.2) is 39.1 Å². The van der Waals surface area contributed by atoms with Crippen molar-refractivity contribution in [2.45, 2.75) is 0 Å². The predicted octanol–water partition coefficient (Wildman–Crippen LogP) is 1.34. The molecule has 22 heavy (non-hydrogen) atoms. The van der Waals surface area contributed by atoms with E-state index in [9.17, 15) is 14.4 Å². The molecule has 0 fully saturated rings. The van der Waals surface area contributed by atoms with Gasteiger partial charge in [-0.05, 0) is 18.2 Å². The minimum Gasteiger partial charge on any atom is -0.466 e. The molecule has 0 unspecified atom stereocenters. The molecule has 0 saturated heterocycles. The van der Waals surface area contributed by atoms with Crippen molar-refractivity contribution in [3.05, 3.63) is 40.6 Å². The van der Waals surface area contributed by atoms with E-state index in [-0.39, 0.29) is 22.2 Å². The van der Waals surface area contributed by atoms with E-state index in [2.05, 4.69) is 20.1 Å². The summed E-state index contributed by atoms with van der Waals surface area (Å²) in [6, 6.07) is 4.47. The molecular formula is C14H15ClN2O5. The first-order chi connectivity index (χ1) is 10.4. The Balaban J connectivity index is 3.14. The fourth-order valence-corrected chi connectivity index (χ4v) is 1.70. The topological polar surface area (TPSA) is 93.7 Å². The Morgan fingerprint density at radius 1 is 1.18 bits per heavy atom. The normalized spacial score (nSPS) is 10.6. The van der Waals surface area contributed by atoms with Crippen molar-refractivity contribution in [1.82, 2.24) is 5.32 Å². The number of rotatable bonds is 5. The van der Waals surface area contributed by atoms with Gasteiger partial charge in [0, 0.05) is 12.7 Å². The van der Waals surface area contributed by atoms with Crippen molar-refractivity contribution >= 4 is 35.1 Å². The SMILES string of the molecule is CNC(=O)c1cc(N/C(=C/C(=O)OC)C(=O)OC)ccc1Cl. The van der Waals surface area contributed by atoms with Crippen molar-refractivity contribution in [1.29, 1.82) is 0 Å². The van der Waals surface area contributed by atoms with E-state index in [1.165, 1.54) is 33.4 Å². The third-order valence-electron chi connectivity index (χ3n) is 2.59. The third-order valence-corrected chi connectivity index (χ3v) is 2.92. The van der Waals surface area contributed by atoms with Crippen LogP contribution in [0.4, 0.5) is 5.69 Å². The van der Waals surface area contributed by atoms with E-state index in [4.69, 9.17) is 11.6 Å². The van der Waals surface area contributed by atoms with E-state index >= 15 is 0 Å². The van der Waals surface area contributed by atoms with Gasteiger partial charge in [-0.3, -0.25) is 4.79 Å². The molecule has 118 valence electrons. The molecule has 1 aromatic rings. The molecule has 1 rings (SSSR count). The zero-order chi connectivity index (χ0) is 16.7. The fourth-order valence-electron chi connectivity index (χ4n) is 1.50. The lowest BCUT2D eigenvalue weighted by Crippen LogP contribution is -2.19. The molecular weight excluding hydrogens is 312 g/mol. The van der Waals surface area contributed by atoms with Crippen LogP contribution in [0.5, 0.6) is 0 Å². The number of halogens is 1. The van der Waals surface area contributed by atoms with Gasteiger partial charge in [0.15, 0.2) is 0 Å². The molecule has 2 N–H and O–H groups in total. The summed E-state index contributed by atoms with van der Waals surface area (Å²) in [5.74, 6) is -1.87. The van der Waals surface area contributed by atoms with Crippen LogP contribution in [0.3, 0.4) is 0 Å². The Labute approximate surface area is 132 Å². The summed E-state index contributed by atoms with van der Waals surface area (Å²) in [6.45, 7) is 0. The lowest BCUT2D eigenvalue weighted by Gasteiger charge is -2.11. The quantitative estimate of drug-likeness (QED) is 0.626. The first-order valence-corrected chi connectivity index (χ1v) is 6.47. The lowest BCUT2D eigenvalue weighted by molar-refractivity contribution is -0.138. The highest BCUT2D eigenvalue weighted by molar-refractivity contribution is 6.34. The summed E-state index contributed by atoms with van der Waals surface area (Å²) in [7, 11) is 3.82. The second kappa shape index (κ2) is 8.04. The average Bonchev–Trinajstić information content (AvgIpc) is 2.54. The molecule has 0 aliphatic heterocycles. The van der Waals surface area contributed by atoms with Crippen LogP contribution < -0.4 is 10.6 Å². The smallest absolute Gasteiger partial charge is 0.354 e. The number of methoxy groups -OCH3 is 2. The minimum atomic E-state index is -0.762. The standard InChI is InChI=1S/C14H15ClN2O5/c1-16-13(19)9-6-8(4-5-10(9)15)17-11(14(20)22-3)7-12(18)21-2/h4-7,17H,1-3H3,(H,16,19)/b11-7+. The first kappa shape index (κ1) is 17.5. The molecule has 0 heterocycles. The van der Waals surface area contributed by atoms with Crippen molar-refractivity contribution < 1.29 is 23.9 Å². The van der Waals surface area contributed by atoms with Gasteiger partial charge in [-0.15, -0.1) is 0 Å². The van der Waals surface area contributed by atoms with Crippen LogP contribution in [0, 0.1) is 0 Å². The highest BCUT2D eigenvalue weighted by Crippen LogP contribution is 2.21. The van der Waals surface area contributed by atoms with Gasteiger partial charge >= 0.3 is 11.9 Å². The summed E-state index contributed by atoms with van der Waals surface area (Å²) in [5.41, 5.74) is 0.458. The second-order valence-electron chi connectivity index (χ2n) is 3.97. The zero-order valence-electron chi connectivity index (χ0n) is 12.2. The number of amides is 1. The second-order valence-corrected chi connectivity index (χ2v) is 4.38. The number of nitrogens with one attached hydrogen (secondary N) is 2. The van der Waals surface area contributed by atoms with Gasteiger partial charge < -0.3 is 20.1 Å². The Morgan fingerprint density at radius 3 is 2.41 bits per heavy atom. The molecule has 0 bridgehead atoms. The molecule has 0 atom stereocenters. The van der Waals surface area contributed by atoms with E-state index < -0.39 is 11.9 Å². The third kappa shape index (κ3) is 4.49. The number of esters is 2. The number of ether oxygens (including phenoxy) is 2. The summed E-state index contributed by atoms with van der Waals surface area (Å²) in [6.07, 6.45) is 0.944. The van der Waals surface area contributed by atoms with Crippen LogP contribution in [0.2, 0.25) is 5.02 Å². The average molecular weight is 327 g/mol. The van der Waals surface area contributed by atoms with Gasteiger partial charge in [-0.1, -0.05) is 11.6 Å². The van der Waals surface area contributed by atoms with E-state index in [1.54, 1.807) is 6.07 Å². The number of benzene rings is 1. The van der Waals surface area contributed by atoms with E-state index in [1.807, 2.05) is 0 Å². The van der Waals surface area contributed by atoms with Crippen molar-refractivity contribution in [3.63, 3.8) is 0 Å². The minimum absolute atomic E-state index is 0.139.